The number of aliphatic hydroxyl groups excluding tert-OH is 1. The third-order valence-electron chi connectivity index (χ3n) is 4.85. The van der Waals surface area contributed by atoms with E-state index >= 15 is 0 Å². The largest absolute Gasteiger partial charge is 0.390 e. The Bertz CT molecular complexity index is 740. The zero-order valence-electron chi connectivity index (χ0n) is 15.0. The number of halogens is 1. The van der Waals surface area contributed by atoms with Crippen molar-refractivity contribution in [2.24, 2.45) is 0 Å². The molecule has 1 aliphatic rings. The number of hydrogen-bond donors (Lipinski definition) is 2. The first kappa shape index (κ1) is 18.5. The average Bonchev–Trinajstić information content (AvgIpc) is 2.91. The van der Waals surface area contributed by atoms with Crippen molar-refractivity contribution >= 4 is 5.91 Å². The van der Waals surface area contributed by atoms with Crippen molar-refractivity contribution in [3.05, 3.63) is 52.7 Å². The maximum Gasteiger partial charge on any atom is 0.224 e. The van der Waals surface area contributed by atoms with Crippen molar-refractivity contribution in [2.45, 2.75) is 45.4 Å². The fourth-order valence-corrected chi connectivity index (χ4v) is 3.31. The molecule has 140 valence electrons. The molecule has 1 aromatic heterocycles. The van der Waals surface area contributed by atoms with Crippen LogP contribution in [0.4, 0.5) is 4.39 Å². The number of carbonyl (C=O) groups is 1. The van der Waals surface area contributed by atoms with Gasteiger partial charge in [-0.25, -0.2) is 4.39 Å². The number of piperidine rings is 1. The van der Waals surface area contributed by atoms with Crippen molar-refractivity contribution in [2.75, 3.05) is 13.1 Å². The minimum Gasteiger partial charge on any atom is -0.390 e. The van der Waals surface area contributed by atoms with Gasteiger partial charge in [-0.1, -0.05) is 17.3 Å². The zero-order chi connectivity index (χ0) is 18.7. The van der Waals surface area contributed by atoms with Crippen LogP contribution in [0.25, 0.3) is 0 Å². The highest BCUT2D eigenvalue weighted by Gasteiger charge is 2.29. The van der Waals surface area contributed by atoms with Crippen LogP contribution in [0.2, 0.25) is 0 Å². The Labute approximate surface area is 152 Å². The van der Waals surface area contributed by atoms with Gasteiger partial charge in [0.15, 0.2) is 0 Å². The standard InChI is InChI=1S/C19H24FN3O3/c1-12-16(13(2)26-22-12)10-23-8-7-17(18(24)11-23)21-19(25)9-14-3-5-15(20)6-4-14/h3-6,17-18,24H,7-11H2,1-2H3,(H,21,25)/t17-,18-/m1/s1. The summed E-state index contributed by atoms with van der Waals surface area (Å²) < 4.78 is 18.1. The summed E-state index contributed by atoms with van der Waals surface area (Å²) in [5.41, 5.74) is 2.66. The van der Waals surface area contributed by atoms with Gasteiger partial charge in [-0.05, 0) is 38.0 Å². The number of carbonyl (C=O) groups excluding carboxylic acids is 1. The van der Waals surface area contributed by atoms with Crippen LogP contribution in [0.5, 0.6) is 0 Å². The van der Waals surface area contributed by atoms with E-state index < -0.39 is 6.10 Å². The van der Waals surface area contributed by atoms with Crippen LogP contribution < -0.4 is 5.32 Å². The number of benzene rings is 1. The lowest BCUT2D eigenvalue weighted by Gasteiger charge is -2.36. The van der Waals surface area contributed by atoms with Gasteiger partial charge in [0.2, 0.25) is 5.91 Å². The van der Waals surface area contributed by atoms with E-state index in [9.17, 15) is 14.3 Å². The number of aryl methyl sites for hydroxylation is 2. The summed E-state index contributed by atoms with van der Waals surface area (Å²) in [5.74, 6) is 0.307. The first-order chi connectivity index (χ1) is 12.4. The molecule has 1 aromatic carbocycles. The first-order valence-corrected chi connectivity index (χ1v) is 8.78. The van der Waals surface area contributed by atoms with Crippen LogP contribution in [0, 0.1) is 19.7 Å². The van der Waals surface area contributed by atoms with Crippen LogP contribution in [-0.2, 0) is 17.8 Å². The quantitative estimate of drug-likeness (QED) is 0.848. The SMILES string of the molecule is Cc1noc(C)c1CN1CC[C@@H](NC(=O)Cc2ccc(F)cc2)[C@H](O)C1. The highest BCUT2D eigenvalue weighted by Crippen LogP contribution is 2.19. The molecule has 0 aliphatic carbocycles. The zero-order valence-corrected chi connectivity index (χ0v) is 15.0. The van der Waals surface area contributed by atoms with Crippen molar-refractivity contribution in [1.82, 2.24) is 15.4 Å². The lowest BCUT2D eigenvalue weighted by atomic mass is 10.0. The molecule has 1 fully saturated rings. The number of amides is 1. The van der Waals surface area contributed by atoms with E-state index in [4.69, 9.17) is 4.52 Å². The summed E-state index contributed by atoms with van der Waals surface area (Å²) in [4.78, 5) is 14.3. The van der Waals surface area contributed by atoms with E-state index in [0.717, 1.165) is 29.1 Å². The average molecular weight is 361 g/mol. The second-order valence-corrected chi connectivity index (χ2v) is 6.87. The number of nitrogens with one attached hydrogen (secondary N) is 1. The molecule has 0 spiro atoms. The predicted molar refractivity (Wildman–Crippen MR) is 93.9 cm³/mol. The number of hydrogen-bond acceptors (Lipinski definition) is 5. The Morgan fingerprint density at radius 1 is 1.38 bits per heavy atom. The molecule has 0 unspecified atom stereocenters. The monoisotopic (exact) mass is 361 g/mol. The Balaban J connectivity index is 1.50. The number of aliphatic hydroxyl groups is 1. The van der Waals surface area contributed by atoms with Gasteiger partial charge < -0.3 is 14.9 Å². The summed E-state index contributed by atoms with van der Waals surface area (Å²) in [6.07, 6.45) is 0.202. The van der Waals surface area contributed by atoms with E-state index in [1.165, 1.54) is 12.1 Å². The van der Waals surface area contributed by atoms with Crippen LogP contribution in [-0.4, -0.2) is 46.3 Å². The second kappa shape index (κ2) is 7.97. The fourth-order valence-electron chi connectivity index (χ4n) is 3.31. The Morgan fingerprint density at radius 3 is 2.73 bits per heavy atom. The fraction of sp³-hybridized carbons (Fsp3) is 0.474. The molecule has 1 saturated heterocycles. The maximum atomic E-state index is 12.9. The van der Waals surface area contributed by atoms with Crippen molar-refractivity contribution < 1.29 is 18.8 Å². The van der Waals surface area contributed by atoms with E-state index in [1.54, 1.807) is 12.1 Å². The maximum absolute atomic E-state index is 12.9. The molecule has 6 nitrogen and oxygen atoms in total. The third kappa shape index (κ3) is 4.47. The summed E-state index contributed by atoms with van der Waals surface area (Å²) in [6, 6.07) is 5.59. The molecule has 2 N–H and O–H groups in total. The van der Waals surface area contributed by atoms with E-state index in [1.807, 2.05) is 13.8 Å². The molecule has 3 rings (SSSR count). The van der Waals surface area contributed by atoms with Gasteiger partial charge in [-0.2, -0.15) is 0 Å². The van der Waals surface area contributed by atoms with Crippen molar-refractivity contribution in [3.8, 4) is 0 Å². The van der Waals surface area contributed by atoms with Crippen molar-refractivity contribution in [1.29, 1.82) is 0 Å². The number of rotatable bonds is 5. The molecule has 0 bridgehead atoms. The summed E-state index contributed by atoms with van der Waals surface area (Å²) in [6.45, 7) is 5.71. The predicted octanol–water partition coefficient (Wildman–Crippen LogP) is 1.72. The molecular weight excluding hydrogens is 337 g/mol. The van der Waals surface area contributed by atoms with Gasteiger partial charge in [-0.3, -0.25) is 9.69 Å². The summed E-state index contributed by atoms with van der Waals surface area (Å²) in [5, 5.41) is 17.3. The van der Waals surface area contributed by atoms with Crippen LogP contribution in [0.1, 0.15) is 29.0 Å². The second-order valence-electron chi connectivity index (χ2n) is 6.87. The highest BCUT2D eigenvalue weighted by molar-refractivity contribution is 5.78. The minimum absolute atomic E-state index is 0.167. The topological polar surface area (TPSA) is 78.6 Å². The molecular formula is C19H24FN3O3. The van der Waals surface area contributed by atoms with E-state index in [-0.39, 0.29) is 24.2 Å². The van der Waals surface area contributed by atoms with E-state index in [2.05, 4.69) is 15.4 Å². The molecule has 2 aromatic rings. The van der Waals surface area contributed by atoms with Crippen LogP contribution >= 0.6 is 0 Å². The number of nitrogens with zero attached hydrogens (tertiary/aromatic N) is 2. The van der Waals surface area contributed by atoms with Gasteiger partial charge in [0.1, 0.15) is 11.6 Å². The molecule has 1 aliphatic heterocycles. The summed E-state index contributed by atoms with van der Waals surface area (Å²) >= 11 is 0. The molecule has 7 heteroatoms. The van der Waals surface area contributed by atoms with Gasteiger partial charge in [-0.15, -0.1) is 0 Å². The summed E-state index contributed by atoms with van der Waals surface area (Å²) in [7, 11) is 0. The molecule has 0 radical (unpaired) electrons. The Kier molecular flexibility index (Phi) is 5.68. The van der Waals surface area contributed by atoms with Gasteiger partial charge >= 0.3 is 0 Å². The number of aromatic nitrogens is 1. The Morgan fingerprint density at radius 2 is 2.12 bits per heavy atom. The number of β-amino-alcohol motifs (C(OH)–C–C–N with tert-alkyl or cyclic N) is 1. The lowest BCUT2D eigenvalue weighted by Crippen LogP contribution is -2.54. The smallest absolute Gasteiger partial charge is 0.224 e. The van der Waals surface area contributed by atoms with Crippen LogP contribution in [0.15, 0.2) is 28.8 Å². The Hall–Kier alpha value is -2.25. The lowest BCUT2D eigenvalue weighted by molar-refractivity contribution is -0.122. The van der Waals surface area contributed by atoms with Gasteiger partial charge in [0, 0.05) is 25.2 Å². The minimum atomic E-state index is -0.638. The van der Waals surface area contributed by atoms with E-state index in [0.29, 0.717) is 19.5 Å². The van der Waals surface area contributed by atoms with Crippen molar-refractivity contribution in [3.63, 3.8) is 0 Å². The third-order valence-corrected chi connectivity index (χ3v) is 4.85. The first-order valence-electron chi connectivity index (χ1n) is 8.78. The highest BCUT2D eigenvalue weighted by atomic mass is 19.1. The molecule has 2 atom stereocenters. The van der Waals surface area contributed by atoms with Crippen LogP contribution in [0.3, 0.4) is 0 Å². The normalized spacial score (nSPS) is 20.9. The molecule has 1 amide bonds. The molecule has 0 saturated carbocycles. The van der Waals surface area contributed by atoms with Gasteiger partial charge in [0.25, 0.3) is 0 Å². The molecule has 26 heavy (non-hydrogen) atoms. The number of likely N-dealkylation sites (tertiary alicyclic amines) is 1. The van der Waals surface area contributed by atoms with Gasteiger partial charge in [0.05, 0.1) is 24.3 Å². The molecule has 2 heterocycles.